The van der Waals surface area contributed by atoms with E-state index in [0.29, 0.717) is 25.1 Å². The number of carboxylic acids is 1. The maximum absolute atomic E-state index is 12.0. The first-order valence-corrected chi connectivity index (χ1v) is 7.74. The Bertz CT molecular complexity index is 336. The van der Waals surface area contributed by atoms with Gasteiger partial charge in [-0.2, -0.15) is 11.8 Å². The number of carboxylic acid groups (broad SMARTS) is 1. The zero-order valence-corrected chi connectivity index (χ0v) is 12.2. The summed E-state index contributed by atoms with van der Waals surface area (Å²) in [4.78, 5) is 24.5. The van der Waals surface area contributed by atoms with Gasteiger partial charge in [0.15, 0.2) is 0 Å². The molecule has 2 amide bonds. The molecule has 6 nitrogen and oxygen atoms in total. The van der Waals surface area contributed by atoms with Gasteiger partial charge < -0.3 is 20.4 Å². The maximum Gasteiger partial charge on any atom is 0.326 e. The number of urea groups is 1. The molecular weight excluding hydrogens is 268 g/mol. The highest BCUT2D eigenvalue weighted by Gasteiger charge is 2.32. The van der Waals surface area contributed by atoms with Crippen LogP contribution in [0.1, 0.15) is 26.2 Å². The summed E-state index contributed by atoms with van der Waals surface area (Å²) in [6, 6.07) is -1.28. The highest BCUT2D eigenvalue weighted by atomic mass is 32.2. The number of rotatable bonds is 5. The zero-order valence-electron chi connectivity index (χ0n) is 11.4. The number of carbonyl (C=O) groups excluding carboxylic acids is 1. The van der Waals surface area contributed by atoms with Crippen molar-refractivity contribution in [2.24, 2.45) is 0 Å². The van der Waals surface area contributed by atoms with Crippen molar-refractivity contribution in [3.8, 4) is 0 Å². The SMILES string of the molecule is CSCCC(NC(=O)N1CCCC(C)(O)C1)C(=O)O. The Morgan fingerprint density at radius 2 is 2.21 bits per heavy atom. The number of β-amino-alcohol motifs (C(OH)–C–C–N with tert-alkyl or cyclic N) is 1. The molecule has 1 fully saturated rings. The van der Waals surface area contributed by atoms with E-state index < -0.39 is 23.6 Å². The topological polar surface area (TPSA) is 89.9 Å². The Morgan fingerprint density at radius 3 is 2.74 bits per heavy atom. The van der Waals surface area contributed by atoms with Crippen molar-refractivity contribution in [3.05, 3.63) is 0 Å². The van der Waals surface area contributed by atoms with Crippen LogP contribution in [0.5, 0.6) is 0 Å². The van der Waals surface area contributed by atoms with Crippen LogP contribution >= 0.6 is 11.8 Å². The van der Waals surface area contributed by atoms with Crippen LogP contribution < -0.4 is 5.32 Å². The predicted molar refractivity (Wildman–Crippen MR) is 74.4 cm³/mol. The van der Waals surface area contributed by atoms with Crippen molar-refractivity contribution in [2.75, 3.05) is 25.1 Å². The first-order valence-electron chi connectivity index (χ1n) is 6.35. The number of likely N-dealkylation sites (tertiary alicyclic amines) is 1. The van der Waals surface area contributed by atoms with Crippen LogP contribution in [0.3, 0.4) is 0 Å². The Hall–Kier alpha value is -0.950. The maximum atomic E-state index is 12.0. The zero-order chi connectivity index (χ0) is 14.5. The summed E-state index contributed by atoms with van der Waals surface area (Å²) in [5, 5.41) is 21.5. The molecule has 2 unspecified atom stereocenters. The third-order valence-corrected chi connectivity index (χ3v) is 3.81. The van der Waals surface area contributed by atoms with Gasteiger partial charge in [-0.1, -0.05) is 0 Å². The molecule has 3 N–H and O–H groups in total. The normalized spacial score (nSPS) is 24.9. The third-order valence-electron chi connectivity index (χ3n) is 3.17. The number of hydrogen-bond donors (Lipinski definition) is 3. The molecule has 1 rings (SSSR count). The molecule has 1 heterocycles. The van der Waals surface area contributed by atoms with E-state index >= 15 is 0 Å². The minimum absolute atomic E-state index is 0.244. The number of nitrogens with one attached hydrogen (secondary N) is 1. The number of aliphatic carboxylic acids is 1. The smallest absolute Gasteiger partial charge is 0.326 e. The lowest BCUT2D eigenvalue weighted by molar-refractivity contribution is -0.139. The van der Waals surface area contributed by atoms with Gasteiger partial charge in [0.2, 0.25) is 0 Å². The van der Waals surface area contributed by atoms with Gasteiger partial charge in [0, 0.05) is 6.54 Å². The highest BCUT2D eigenvalue weighted by molar-refractivity contribution is 7.98. The van der Waals surface area contributed by atoms with Crippen molar-refractivity contribution in [1.82, 2.24) is 10.2 Å². The van der Waals surface area contributed by atoms with E-state index in [9.17, 15) is 14.7 Å². The second kappa shape index (κ2) is 7.00. The summed E-state index contributed by atoms with van der Waals surface area (Å²) in [7, 11) is 0. The van der Waals surface area contributed by atoms with Crippen LogP contribution in [0.2, 0.25) is 0 Å². The summed E-state index contributed by atoms with van der Waals surface area (Å²) in [6.45, 7) is 2.49. The van der Waals surface area contributed by atoms with Crippen molar-refractivity contribution in [2.45, 2.75) is 37.8 Å². The lowest BCUT2D eigenvalue weighted by atomic mass is 9.95. The van der Waals surface area contributed by atoms with E-state index in [-0.39, 0.29) is 6.54 Å². The standard InChI is InChI=1S/C12H22N2O4S/c1-12(18)5-3-6-14(8-12)11(17)13-9(10(15)16)4-7-19-2/h9,18H,3-8H2,1-2H3,(H,13,17)(H,15,16). The molecule has 0 bridgehead atoms. The summed E-state index contributed by atoms with van der Waals surface area (Å²) < 4.78 is 0. The van der Waals surface area contributed by atoms with E-state index in [4.69, 9.17) is 5.11 Å². The second-order valence-corrected chi connectivity index (χ2v) is 6.13. The lowest BCUT2D eigenvalue weighted by Crippen LogP contribution is -2.54. The van der Waals surface area contributed by atoms with E-state index in [1.54, 1.807) is 18.7 Å². The largest absolute Gasteiger partial charge is 0.480 e. The predicted octanol–water partition coefficient (Wildman–Crippen LogP) is 0.749. The van der Waals surface area contributed by atoms with Gasteiger partial charge in [-0.3, -0.25) is 0 Å². The molecule has 1 aliphatic rings. The number of thioether (sulfide) groups is 1. The summed E-state index contributed by atoms with van der Waals surface area (Å²) >= 11 is 1.54. The lowest BCUT2D eigenvalue weighted by Gasteiger charge is -2.37. The quantitative estimate of drug-likeness (QED) is 0.695. The highest BCUT2D eigenvalue weighted by Crippen LogP contribution is 2.20. The first kappa shape index (κ1) is 16.1. The van der Waals surface area contributed by atoms with E-state index in [2.05, 4.69) is 5.32 Å². The summed E-state index contributed by atoms with van der Waals surface area (Å²) in [6.07, 6.45) is 3.67. The number of piperidine rings is 1. The van der Waals surface area contributed by atoms with Gasteiger partial charge >= 0.3 is 12.0 Å². The van der Waals surface area contributed by atoms with Crippen LogP contribution in [0.25, 0.3) is 0 Å². The number of nitrogens with zero attached hydrogens (tertiary/aromatic N) is 1. The van der Waals surface area contributed by atoms with E-state index in [1.807, 2.05) is 6.26 Å². The average Bonchev–Trinajstić information content (AvgIpc) is 2.32. The second-order valence-electron chi connectivity index (χ2n) is 5.14. The minimum Gasteiger partial charge on any atom is -0.480 e. The monoisotopic (exact) mass is 290 g/mol. The average molecular weight is 290 g/mol. The minimum atomic E-state index is -1.02. The van der Waals surface area contributed by atoms with Gasteiger partial charge in [0.25, 0.3) is 0 Å². The molecule has 0 aromatic heterocycles. The van der Waals surface area contributed by atoms with Gasteiger partial charge in [0.05, 0.1) is 12.1 Å². The fourth-order valence-electron chi connectivity index (χ4n) is 2.13. The number of carbonyl (C=O) groups is 2. The fourth-order valence-corrected chi connectivity index (χ4v) is 2.60. The van der Waals surface area contributed by atoms with Crippen LogP contribution in [0, 0.1) is 0 Å². The fraction of sp³-hybridized carbons (Fsp3) is 0.833. The molecule has 0 aromatic carbocycles. The first-order chi connectivity index (χ1) is 8.85. The van der Waals surface area contributed by atoms with Gasteiger partial charge in [0.1, 0.15) is 6.04 Å². The molecule has 0 saturated carbocycles. The van der Waals surface area contributed by atoms with E-state index in [0.717, 1.165) is 6.42 Å². The van der Waals surface area contributed by atoms with Crippen molar-refractivity contribution in [3.63, 3.8) is 0 Å². The summed E-state index contributed by atoms with van der Waals surface area (Å²) in [5.74, 6) is -0.347. The number of aliphatic hydroxyl groups is 1. The Labute approximate surface area is 117 Å². The van der Waals surface area contributed by atoms with Crippen LogP contribution in [0.4, 0.5) is 4.79 Å². The Kier molecular flexibility index (Phi) is 5.93. The number of hydrogen-bond acceptors (Lipinski definition) is 4. The van der Waals surface area contributed by atoms with Crippen molar-refractivity contribution < 1.29 is 19.8 Å². The van der Waals surface area contributed by atoms with Crippen LogP contribution in [-0.4, -0.2) is 63.9 Å². The molecule has 110 valence electrons. The summed E-state index contributed by atoms with van der Waals surface area (Å²) in [5.41, 5.74) is -0.881. The molecular formula is C12H22N2O4S. The van der Waals surface area contributed by atoms with Crippen molar-refractivity contribution >= 4 is 23.8 Å². The number of amides is 2. The van der Waals surface area contributed by atoms with Crippen LogP contribution in [-0.2, 0) is 4.79 Å². The Morgan fingerprint density at radius 1 is 1.53 bits per heavy atom. The molecule has 19 heavy (non-hydrogen) atoms. The molecule has 2 atom stereocenters. The third kappa shape index (κ3) is 5.28. The molecule has 0 aliphatic carbocycles. The van der Waals surface area contributed by atoms with Gasteiger partial charge in [-0.15, -0.1) is 0 Å². The molecule has 0 radical (unpaired) electrons. The molecule has 7 heteroatoms. The molecule has 0 spiro atoms. The molecule has 1 saturated heterocycles. The van der Waals surface area contributed by atoms with Gasteiger partial charge in [-0.05, 0) is 38.2 Å². The van der Waals surface area contributed by atoms with E-state index in [1.165, 1.54) is 4.90 Å². The van der Waals surface area contributed by atoms with Crippen molar-refractivity contribution in [1.29, 1.82) is 0 Å². The Balaban J connectivity index is 2.54. The van der Waals surface area contributed by atoms with Crippen LogP contribution in [0.15, 0.2) is 0 Å². The molecule has 0 aromatic rings. The molecule has 1 aliphatic heterocycles. The van der Waals surface area contributed by atoms with Gasteiger partial charge in [-0.25, -0.2) is 9.59 Å².